The van der Waals surface area contributed by atoms with Crippen LogP contribution in [0.3, 0.4) is 0 Å². The van der Waals surface area contributed by atoms with Crippen molar-refractivity contribution in [2.24, 2.45) is 0 Å². The standard InChI is InChI=1S/C33H34N2O5S/c1-3-33(4-2)23-30(29-17-11-12-18-31(29)40-33)34-32(36)24-35(41(37,38)28-15-9-6-10-16-28)25-19-21-27(22-20-25)39-26-13-7-5-8-14-26/h5-22,30H,3-4,23-24H2,1-2H3,(H,34,36). The topological polar surface area (TPSA) is 84.9 Å². The molecule has 1 aliphatic rings. The number of hydrogen-bond acceptors (Lipinski definition) is 5. The van der Waals surface area contributed by atoms with E-state index in [-0.39, 0.29) is 17.5 Å². The molecule has 4 aromatic rings. The van der Waals surface area contributed by atoms with Crippen molar-refractivity contribution in [3.05, 3.63) is 115 Å². The summed E-state index contributed by atoms with van der Waals surface area (Å²) in [4.78, 5) is 13.7. The first-order valence-corrected chi connectivity index (χ1v) is 15.3. The Morgan fingerprint density at radius 3 is 2.10 bits per heavy atom. The molecule has 1 atom stereocenters. The van der Waals surface area contributed by atoms with Gasteiger partial charge >= 0.3 is 0 Å². The van der Waals surface area contributed by atoms with Gasteiger partial charge in [-0.05, 0) is 67.4 Å². The van der Waals surface area contributed by atoms with Crippen LogP contribution in [0, 0.1) is 0 Å². The zero-order valence-corrected chi connectivity index (χ0v) is 24.0. The predicted molar refractivity (Wildman–Crippen MR) is 160 cm³/mol. The lowest BCUT2D eigenvalue weighted by Crippen LogP contribution is -2.47. The molecular formula is C33H34N2O5S. The number of fused-ring (bicyclic) bond motifs is 1. The van der Waals surface area contributed by atoms with Crippen LogP contribution >= 0.6 is 0 Å². The molecular weight excluding hydrogens is 536 g/mol. The van der Waals surface area contributed by atoms with Crippen molar-refractivity contribution >= 4 is 21.6 Å². The van der Waals surface area contributed by atoms with E-state index in [2.05, 4.69) is 19.2 Å². The van der Waals surface area contributed by atoms with Gasteiger partial charge in [-0.1, -0.05) is 68.4 Å². The Bertz CT molecular complexity index is 1570. The molecule has 8 heteroatoms. The lowest BCUT2D eigenvalue weighted by Gasteiger charge is -2.41. The Morgan fingerprint density at radius 1 is 0.854 bits per heavy atom. The van der Waals surface area contributed by atoms with E-state index in [0.717, 1.165) is 28.5 Å². The second kappa shape index (κ2) is 12.1. The second-order valence-electron chi connectivity index (χ2n) is 10.1. The number of hydrogen-bond donors (Lipinski definition) is 1. The summed E-state index contributed by atoms with van der Waals surface area (Å²) in [6.07, 6.45) is 2.17. The van der Waals surface area contributed by atoms with Gasteiger partial charge in [0.2, 0.25) is 5.91 Å². The first kappa shape index (κ1) is 28.2. The average Bonchev–Trinajstić information content (AvgIpc) is 3.01. The van der Waals surface area contributed by atoms with Crippen LogP contribution in [0.25, 0.3) is 0 Å². The van der Waals surface area contributed by atoms with Crippen molar-refractivity contribution in [3.8, 4) is 17.2 Å². The van der Waals surface area contributed by atoms with Gasteiger partial charge in [0.25, 0.3) is 10.0 Å². The molecule has 1 amide bonds. The molecule has 1 unspecified atom stereocenters. The molecule has 0 radical (unpaired) electrons. The summed E-state index contributed by atoms with van der Waals surface area (Å²) in [6, 6.07) is 31.5. The van der Waals surface area contributed by atoms with Crippen molar-refractivity contribution in [2.75, 3.05) is 10.8 Å². The van der Waals surface area contributed by atoms with Gasteiger partial charge < -0.3 is 14.8 Å². The van der Waals surface area contributed by atoms with Crippen LogP contribution in [0.2, 0.25) is 0 Å². The van der Waals surface area contributed by atoms with Crippen molar-refractivity contribution in [3.63, 3.8) is 0 Å². The number of sulfonamides is 1. The minimum absolute atomic E-state index is 0.102. The Kier molecular flexibility index (Phi) is 8.31. The lowest BCUT2D eigenvalue weighted by molar-refractivity contribution is -0.121. The van der Waals surface area contributed by atoms with Crippen LogP contribution in [0.15, 0.2) is 114 Å². The number of rotatable bonds is 10. The molecule has 0 spiro atoms. The van der Waals surface area contributed by atoms with E-state index in [1.165, 1.54) is 12.1 Å². The quantitative estimate of drug-likeness (QED) is 0.225. The van der Waals surface area contributed by atoms with Gasteiger partial charge in [-0.3, -0.25) is 9.10 Å². The van der Waals surface area contributed by atoms with Gasteiger partial charge in [-0.15, -0.1) is 0 Å². The molecule has 1 aliphatic heterocycles. The van der Waals surface area contributed by atoms with E-state index < -0.39 is 21.5 Å². The van der Waals surface area contributed by atoms with Crippen LogP contribution < -0.4 is 19.1 Å². The molecule has 4 aromatic carbocycles. The van der Waals surface area contributed by atoms with E-state index in [1.807, 2.05) is 54.6 Å². The first-order chi connectivity index (χ1) is 19.8. The zero-order valence-electron chi connectivity index (χ0n) is 23.2. The molecule has 0 aromatic heterocycles. The Morgan fingerprint density at radius 2 is 1.44 bits per heavy atom. The number of nitrogens with one attached hydrogen (secondary N) is 1. The van der Waals surface area contributed by atoms with Gasteiger partial charge in [0.15, 0.2) is 0 Å². The SMILES string of the molecule is CCC1(CC)CC(NC(=O)CN(c2ccc(Oc3ccccc3)cc2)S(=O)(=O)c2ccccc2)c2ccccc2O1. The van der Waals surface area contributed by atoms with Crippen molar-refractivity contribution in [2.45, 2.75) is 49.6 Å². The Hall–Kier alpha value is -4.30. The van der Waals surface area contributed by atoms with Crippen molar-refractivity contribution in [1.29, 1.82) is 0 Å². The number of nitrogens with zero attached hydrogens (tertiary/aromatic N) is 1. The van der Waals surface area contributed by atoms with Crippen LogP contribution in [-0.4, -0.2) is 26.5 Å². The molecule has 41 heavy (non-hydrogen) atoms. The van der Waals surface area contributed by atoms with Gasteiger partial charge in [0, 0.05) is 12.0 Å². The fraction of sp³-hybridized carbons (Fsp3) is 0.242. The van der Waals surface area contributed by atoms with Gasteiger partial charge in [-0.25, -0.2) is 8.42 Å². The minimum Gasteiger partial charge on any atom is -0.487 e. The maximum absolute atomic E-state index is 13.8. The summed E-state index contributed by atoms with van der Waals surface area (Å²) in [5.41, 5.74) is 0.836. The first-order valence-electron chi connectivity index (χ1n) is 13.8. The summed E-state index contributed by atoms with van der Waals surface area (Å²) in [5, 5.41) is 3.12. The number of para-hydroxylation sites is 2. The number of benzene rings is 4. The number of amides is 1. The highest BCUT2D eigenvalue weighted by atomic mass is 32.2. The van der Waals surface area contributed by atoms with Crippen LogP contribution in [0.1, 0.15) is 44.7 Å². The molecule has 0 saturated carbocycles. The van der Waals surface area contributed by atoms with E-state index >= 15 is 0 Å². The molecule has 0 bridgehead atoms. The summed E-state index contributed by atoms with van der Waals surface area (Å²) >= 11 is 0. The summed E-state index contributed by atoms with van der Waals surface area (Å²) in [5.74, 6) is 1.56. The third-order valence-electron chi connectivity index (χ3n) is 7.54. The predicted octanol–water partition coefficient (Wildman–Crippen LogP) is 6.87. The monoisotopic (exact) mass is 570 g/mol. The highest BCUT2D eigenvalue weighted by Gasteiger charge is 2.39. The molecule has 212 valence electrons. The lowest BCUT2D eigenvalue weighted by atomic mass is 9.83. The van der Waals surface area contributed by atoms with E-state index in [0.29, 0.717) is 23.6 Å². The number of anilines is 1. The maximum Gasteiger partial charge on any atom is 0.264 e. The summed E-state index contributed by atoms with van der Waals surface area (Å²) in [6.45, 7) is 3.77. The smallest absolute Gasteiger partial charge is 0.264 e. The van der Waals surface area contributed by atoms with Crippen LogP contribution in [0.4, 0.5) is 5.69 Å². The van der Waals surface area contributed by atoms with Crippen LogP contribution in [-0.2, 0) is 14.8 Å². The maximum atomic E-state index is 13.8. The highest BCUT2D eigenvalue weighted by Crippen LogP contribution is 2.42. The normalized spacial score (nSPS) is 15.7. The molecule has 0 fully saturated rings. The van der Waals surface area contributed by atoms with Gasteiger partial charge in [0.1, 0.15) is 29.4 Å². The fourth-order valence-electron chi connectivity index (χ4n) is 5.14. The van der Waals surface area contributed by atoms with Crippen molar-refractivity contribution < 1.29 is 22.7 Å². The van der Waals surface area contributed by atoms with Gasteiger partial charge in [0.05, 0.1) is 16.6 Å². The Labute approximate surface area is 241 Å². The van der Waals surface area contributed by atoms with Crippen molar-refractivity contribution in [1.82, 2.24) is 5.32 Å². The Balaban J connectivity index is 1.42. The largest absolute Gasteiger partial charge is 0.487 e. The van der Waals surface area contributed by atoms with E-state index in [9.17, 15) is 13.2 Å². The number of ether oxygens (including phenoxy) is 2. The molecule has 7 nitrogen and oxygen atoms in total. The average molecular weight is 571 g/mol. The molecule has 0 aliphatic carbocycles. The molecule has 1 heterocycles. The highest BCUT2D eigenvalue weighted by molar-refractivity contribution is 7.92. The molecule has 1 N–H and O–H groups in total. The second-order valence-corrected chi connectivity index (χ2v) is 12.0. The third kappa shape index (κ3) is 6.23. The summed E-state index contributed by atoms with van der Waals surface area (Å²) in [7, 11) is -4.05. The third-order valence-corrected chi connectivity index (χ3v) is 9.33. The zero-order chi connectivity index (χ0) is 28.9. The van der Waals surface area contributed by atoms with Gasteiger partial charge in [-0.2, -0.15) is 0 Å². The van der Waals surface area contributed by atoms with E-state index in [4.69, 9.17) is 9.47 Å². The number of carbonyl (C=O) groups is 1. The molecule has 5 rings (SSSR count). The molecule has 0 saturated heterocycles. The number of carbonyl (C=O) groups excluding carboxylic acids is 1. The van der Waals surface area contributed by atoms with Crippen LogP contribution in [0.5, 0.6) is 17.2 Å². The van der Waals surface area contributed by atoms with E-state index in [1.54, 1.807) is 42.5 Å². The summed E-state index contributed by atoms with van der Waals surface area (Å²) < 4.78 is 41.0. The fourth-order valence-corrected chi connectivity index (χ4v) is 6.58. The minimum atomic E-state index is -4.05.